The van der Waals surface area contributed by atoms with Crippen molar-refractivity contribution in [3.8, 4) is 0 Å². The molecule has 3 nitrogen and oxygen atoms in total. The molecule has 0 radical (unpaired) electrons. The first-order valence-electron chi connectivity index (χ1n) is 8.77. The van der Waals surface area contributed by atoms with E-state index in [9.17, 15) is 0 Å². The Morgan fingerprint density at radius 1 is 0.950 bits per heavy atom. The largest absolute Gasteiger partial charge is 0.373 e. The van der Waals surface area contributed by atoms with Crippen LogP contribution in [0.4, 0.5) is 0 Å². The van der Waals surface area contributed by atoms with Crippen molar-refractivity contribution in [2.45, 2.75) is 65.1 Å². The van der Waals surface area contributed by atoms with Crippen LogP contribution in [0.1, 0.15) is 52.9 Å². The summed E-state index contributed by atoms with van der Waals surface area (Å²) in [5.74, 6) is 0.912. The van der Waals surface area contributed by atoms with Gasteiger partial charge in [-0.25, -0.2) is 0 Å². The van der Waals surface area contributed by atoms with E-state index in [1.165, 1.54) is 58.3 Å². The summed E-state index contributed by atoms with van der Waals surface area (Å²) >= 11 is 0. The maximum Gasteiger partial charge on any atom is 0.0678 e. The van der Waals surface area contributed by atoms with Crippen molar-refractivity contribution >= 4 is 0 Å². The molecule has 2 heterocycles. The number of ether oxygens (including phenoxy) is 1. The molecule has 3 heteroatoms. The fraction of sp³-hybridized carbons (Fsp3) is 1.00. The lowest BCUT2D eigenvalue weighted by molar-refractivity contribution is -0.0731. The number of piperidine rings is 1. The quantitative estimate of drug-likeness (QED) is 0.697. The second-order valence-electron chi connectivity index (χ2n) is 6.97. The predicted molar refractivity (Wildman–Crippen MR) is 85.1 cm³/mol. The minimum atomic E-state index is 0.410. The topological polar surface area (TPSA) is 15.7 Å². The van der Waals surface area contributed by atoms with Crippen LogP contribution in [-0.4, -0.2) is 61.3 Å². The zero-order valence-corrected chi connectivity index (χ0v) is 13.8. The summed E-state index contributed by atoms with van der Waals surface area (Å²) in [6.45, 7) is 14.2. The van der Waals surface area contributed by atoms with Crippen LogP contribution in [0, 0.1) is 5.92 Å². The van der Waals surface area contributed by atoms with Gasteiger partial charge >= 0.3 is 0 Å². The van der Waals surface area contributed by atoms with Gasteiger partial charge in [-0.15, -0.1) is 0 Å². The van der Waals surface area contributed by atoms with Crippen LogP contribution in [0.2, 0.25) is 0 Å². The maximum absolute atomic E-state index is 5.83. The lowest BCUT2D eigenvalue weighted by atomic mass is 9.95. The van der Waals surface area contributed by atoms with Crippen LogP contribution in [0.3, 0.4) is 0 Å². The minimum absolute atomic E-state index is 0.410. The molecular formula is C17H34N2O. The summed E-state index contributed by atoms with van der Waals surface area (Å²) in [6.07, 6.45) is 7.73. The molecule has 2 saturated heterocycles. The third kappa shape index (κ3) is 5.34. The highest BCUT2D eigenvalue weighted by molar-refractivity contribution is 4.79. The zero-order valence-electron chi connectivity index (χ0n) is 13.8. The molecule has 0 aromatic rings. The van der Waals surface area contributed by atoms with E-state index in [4.69, 9.17) is 4.74 Å². The molecule has 0 aromatic heterocycles. The normalized spacial score (nSPS) is 30.8. The Hall–Kier alpha value is -0.120. The predicted octanol–water partition coefficient (Wildman–Crippen LogP) is 3.00. The lowest BCUT2D eigenvalue weighted by Crippen LogP contribution is -2.48. The number of morpholine rings is 1. The van der Waals surface area contributed by atoms with Gasteiger partial charge in [0.15, 0.2) is 0 Å². The molecule has 2 unspecified atom stereocenters. The van der Waals surface area contributed by atoms with Gasteiger partial charge in [-0.1, -0.05) is 19.8 Å². The van der Waals surface area contributed by atoms with Gasteiger partial charge in [0.25, 0.3) is 0 Å². The summed E-state index contributed by atoms with van der Waals surface area (Å²) in [7, 11) is 0. The van der Waals surface area contributed by atoms with Crippen molar-refractivity contribution in [3.05, 3.63) is 0 Å². The summed E-state index contributed by atoms with van der Waals surface area (Å²) in [5.41, 5.74) is 0. The van der Waals surface area contributed by atoms with Crippen molar-refractivity contribution in [3.63, 3.8) is 0 Å². The summed E-state index contributed by atoms with van der Waals surface area (Å²) < 4.78 is 5.83. The van der Waals surface area contributed by atoms with Crippen LogP contribution in [0.25, 0.3) is 0 Å². The Morgan fingerprint density at radius 3 is 2.20 bits per heavy atom. The van der Waals surface area contributed by atoms with Crippen molar-refractivity contribution in [2.75, 3.05) is 39.3 Å². The Kier molecular flexibility index (Phi) is 6.79. The van der Waals surface area contributed by atoms with Crippen molar-refractivity contribution in [2.24, 2.45) is 5.92 Å². The molecule has 0 bridgehead atoms. The van der Waals surface area contributed by atoms with Gasteiger partial charge in [-0.3, -0.25) is 4.90 Å². The zero-order chi connectivity index (χ0) is 14.4. The number of likely N-dealkylation sites (tertiary alicyclic amines) is 1. The summed E-state index contributed by atoms with van der Waals surface area (Å²) in [4.78, 5) is 5.31. The molecule has 0 saturated carbocycles. The third-order valence-electron chi connectivity index (χ3n) is 4.80. The van der Waals surface area contributed by atoms with Crippen LogP contribution in [-0.2, 0) is 4.74 Å². The molecule has 2 fully saturated rings. The van der Waals surface area contributed by atoms with E-state index in [2.05, 4.69) is 30.6 Å². The highest BCUT2D eigenvalue weighted by Crippen LogP contribution is 2.21. The van der Waals surface area contributed by atoms with Gasteiger partial charge in [0.05, 0.1) is 12.2 Å². The maximum atomic E-state index is 5.83. The van der Waals surface area contributed by atoms with E-state index in [0.717, 1.165) is 19.0 Å². The van der Waals surface area contributed by atoms with Crippen molar-refractivity contribution in [1.29, 1.82) is 0 Å². The molecule has 2 rings (SSSR count). The van der Waals surface area contributed by atoms with Crippen LogP contribution in [0.5, 0.6) is 0 Å². The van der Waals surface area contributed by atoms with E-state index in [0.29, 0.717) is 12.2 Å². The Balaban J connectivity index is 1.64. The van der Waals surface area contributed by atoms with Gasteiger partial charge in [-0.05, 0) is 58.7 Å². The van der Waals surface area contributed by atoms with E-state index in [1.54, 1.807) is 0 Å². The molecule has 0 N–H and O–H groups in total. The van der Waals surface area contributed by atoms with E-state index < -0.39 is 0 Å². The molecule has 2 aliphatic rings. The second-order valence-corrected chi connectivity index (χ2v) is 6.97. The number of nitrogens with zero attached hydrogens (tertiary/aromatic N) is 2. The molecule has 118 valence electrons. The van der Waals surface area contributed by atoms with Crippen molar-refractivity contribution < 1.29 is 4.74 Å². The Morgan fingerprint density at radius 2 is 1.60 bits per heavy atom. The molecule has 0 spiro atoms. The van der Waals surface area contributed by atoms with Gasteiger partial charge in [0.1, 0.15) is 0 Å². The van der Waals surface area contributed by atoms with Gasteiger partial charge in [-0.2, -0.15) is 0 Å². The van der Waals surface area contributed by atoms with Crippen molar-refractivity contribution in [1.82, 2.24) is 9.80 Å². The SMILES string of the molecule is CCCCCN1CCC(CN2CC(C)OC(C)C2)CC1. The fourth-order valence-electron chi connectivity index (χ4n) is 3.78. The van der Waals surface area contributed by atoms with E-state index in [-0.39, 0.29) is 0 Å². The average molecular weight is 282 g/mol. The van der Waals surface area contributed by atoms with Gasteiger partial charge < -0.3 is 9.64 Å². The summed E-state index contributed by atoms with van der Waals surface area (Å²) in [5, 5.41) is 0. The van der Waals surface area contributed by atoms with E-state index >= 15 is 0 Å². The first-order chi connectivity index (χ1) is 9.67. The number of hydrogen-bond donors (Lipinski definition) is 0. The van der Waals surface area contributed by atoms with E-state index in [1.807, 2.05) is 0 Å². The first-order valence-corrected chi connectivity index (χ1v) is 8.77. The molecule has 0 aliphatic carbocycles. The molecule has 2 atom stereocenters. The summed E-state index contributed by atoms with van der Waals surface area (Å²) in [6, 6.07) is 0. The van der Waals surface area contributed by atoms with Gasteiger partial charge in [0.2, 0.25) is 0 Å². The Bertz CT molecular complexity index is 254. The third-order valence-corrected chi connectivity index (χ3v) is 4.80. The number of rotatable bonds is 6. The molecular weight excluding hydrogens is 248 g/mol. The minimum Gasteiger partial charge on any atom is -0.373 e. The Labute approximate surface area is 125 Å². The fourth-order valence-corrected chi connectivity index (χ4v) is 3.78. The molecule has 0 aromatic carbocycles. The lowest BCUT2D eigenvalue weighted by Gasteiger charge is -2.39. The monoisotopic (exact) mass is 282 g/mol. The second kappa shape index (κ2) is 8.35. The van der Waals surface area contributed by atoms with Gasteiger partial charge in [0, 0.05) is 19.6 Å². The highest BCUT2D eigenvalue weighted by Gasteiger charge is 2.26. The molecule has 20 heavy (non-hydrogen) atoms. The molecule has 2 aliphatic heterocycles. The van der Waals surface area contributed by atoms with Crippen LogP contribution in [0.15, 0.2) is 0 Å². The number of hydrogen-bond acceptors (Lipinski definition) is 3. The average Bonchev–Trinajstić information content (AvgIpc) is 2.40. The smallest absolute Gasteiger partial charge is 0.0678 e. The number of unbranched alkanes of at least 4 members (excludes halogenated alkanes) is 2. The van der Waals surface area contributed by atoms with Crippen LogP contribution < -0.4 is 0 Å². The van der Waals surface area contributed by atoms with Crippen LogP contribution >= 0.6 is 0 Å². The molecule has 0 amide bonds. The highest BCUT2D eigenvalue weighted by atomic mass is 16.5. The standard InChI is InChI=1S/C17H34N2O/c1-4-5-6-9-18-10-7-17(8-11-18)14-19-12-15(2)20-16(3)13-19/h15-17H,4-14H2,1-3H3. The first kappa shape index (κ1) is 16.3.